The van der Waals surface area contributed by atoms with Crippen LogP contribution in [0, 0.1) is 11.8 Å². The van der Waals surface area contributed by atoms with E-state index < -0.39 is 0 Å². The number of allylic oxidation sites excluding steroid dienone is 8. The molecular weight excluding hydrogens is 355 g/mol. The molecule has 1 aromatic rings. The minimum absolute atomic E-state index is 0.147. The molecule has 0 N–H and O–H groups in total. The van der Waals surface area contributed by atoms with E-state index in [2.05, 4.69) is 97.0 Å². The minimum Gasteiger partial charge on any atom is -0.400 e. The van der Waals surface area contributed by atoms with Crippen molar-refractivity contribution in [3.63, 3.8) is 0 Å². The van der Waals surface area contributed by atoms with Crippen LogP contribution in [0.25, 0.3) is 11.1 Å². The molecule has 0 saturated carbocycles. The Morgan fingerprint density at radius 2 is 1.52 bits per heavy atom. The maximum Gasteiger partial charge on any atom is 0.491 e. The second-order valence-electron chi connectivity index (χ2n) is 10.9. The van der Waals surface area contributed by atoms with Gasteiger partial charge in [-0.25, -0.2) is 0 Å². The highest BCUT2D eigenvalue weighted by molar-refractivity contribution is 6.55. The van der Waals surface area contributed by atoms with E-state index in [1.54, 1.807) is 0 Å². The Kier molecular flexibility index (Phi) is 3.87. The fourth-order valence-corrected chi connectivity index (χ4v) is 4.98. The Balaban J connectivity index is 1.58. The smallest absolute Gasteiger partial charge is 0.400 e. The summed E-state index contributed by atoms with van der Waals surface area (Å²) in [5.41, 5.74) is 7.78. The maximum absolute atomic E-state index is 6.41. The average molecular weight is 386 g/mol. The van der Waals surface area contributed by atoms with Crippen LogP contribution >= 0.6 is 0 Å². The molecule has 0 spiro atoms. The van der Waals surface area contributed by atoms with Crippen LogP contribution in [0.1, 0.15) is 65.2 Å². The van der Waals surface area contributed by atoms with Crippen molar-refractivity contribution in [1.29, 1.82) is 0 Å². The summed E-state index contributed by atoms with van der Waals surface area (Å²) in [4.78, 5) is 0. The number of hydrogen-bond acceptors (Lipinski definition) is 2. The van der Waals surface area contributed by atoms with E-state index in [9.17, 15) is 0 Å². The molecule has 150 valence electrons. The molecule has 1 aromatic carbocycles. The van der Waals surface area contributed by atoms with Crippen molar-refractivity contribution >= 4 is 18.3 Å². The molecule has 1 aliphatic heterocycles. The van der Waals surface area contributed by atoms with Gasteiger partial charge < -0.3 is 9.31 Å². The quantitative estimate of drug-likeness (QED) is 0.540. The highest BCUT2D eigenvalue weighted by Gasteiger charge is 2.55. The number of benzene rings is 1. The van der Waals surface area contributed by atoms with E-state index >= 15 is 0 Å². The molecule has 0 aromatic heterocycles. The maximum atomic E-state index is 6.41. The summed E-state index contributed by atoms with van der Waals surface area (Å²) in [7, 11) is -0.291. The summed E-state index contributed by atoms with van der Waals surface area (Å²) in [6.07, 6.45) is 11.4. The van der Waals surface area contributed by atoms with Crippen molar-refractivity contribution in [2.75, 3.05) is 0 Å². The van der Waals surface area contributed by atoms with Gasteiger partial charge in [0.15, 0.2) is 0 Å². The largest absolute Gasteiger partial charge is 0.491 e. The van der Waals surface area contributed by atoms with Crippen LogP contribution < -0.4 is 0 Å². The first-order valence-corrected chi connectivity index (χ1v) is 10.8. The Bertz CT molecular complexity index is 998. The van der Waals surface area contributed by atoms with Gasteiger partial charge in [0.2, 0.25) is 0 Å². The van der Waals surface area contributed by atoms with Crippen LogP contribution in [0.3, 0.4) is 0 Å². The van der Waals surface area contributed by atoms with Crippen molar-refractivity contribution in [2.45, 2.75) is 65.1 Å². The Labute approximate surface area is 175 Å². The number of fused-ring (bicyclic) bond motifs is 3. The molecule has 3 aliphatic carbocycles. The molecule has 2 unspecified atom stereocenters. The van der Waals surface area contributed by atoms with Gasteiger partial charge in [-0.05, 0) is 66.4 Å². The van der Waals surface area contributed by atoms with Gasteiger partial charge in [-0.15, -0.1) is 0 Å². The average Bonchev–Trinajstić information content (AvgIpc) is 3.06. The molecule has 1 saturated heterocycles. The van der Waals surface area contributed by atoms with Gasteiger partial charge in [-0.3, -0.25) is 0 Å². The zero-order valence-corrected chi connectivity index (χ0v) is 18.7. The Morgan fingerprint density at radius 3 is 2.17 bits per heavy atom. The summed E-state index contributed by atoms with van der Waals surface area (Å²) < 4.78 is 12.8. The van der Waals surface area contributed by atoms with Crippen LogP contribution in [-0.4, -0.2) is 18.3 Å². The first kappa shape index (κ1) is 19.1. The molecule has 4 aliphatic rings. The van der Waals surface area contributed by atoms with Gasteiger partial charge >= 0.3 is 7.12 Å². The SMILES string of the molecule is CC(C)(C)c1ccc2c(c1)C1=CC=CC3C(B4OC(C)(C)C(C)(C)O4)=CC=C2C13. The van der Waals surface area contributed by atoms with E-state index in [1.807, 2.05) is 0 Å². The molecule has 29 heavy (non-hydrogen) atoms. The Hall–Kier alpha value is -1.84. The van der Waals surface area contributed by atoms with Crippen LogP contribution in [0.4, 0.5) is 0 Å². The van der Waals surface area contributed by atoms with Gasteiger partial charge in [-0.1, -0.05) is 69.4 Å². The summed E-state index contributed by atoms with van der Waals surface area (Å²) in [6, 6.07) is 7.03. The molecule has 5 rings (SSSR count). The van der Waals surface area contributed by atoms with Crippen molar-refractivity contribution < 1.29 is 9.31 Å². The standard InChI is InChI=1S/C26H31BO2/c1-24(2,3)16-11-12-17-19-13-14-22(27-28-25(4,5)26(6,7)29-27)20-10-8-9-18(23(19)20)21(17)15-16/h8-15,20,23H,1-7H3. The molecule has 0 radical (unpaired) electrons. The van der Waals surface area contributed by atoms with Crippen LogP contribution in [0.2, 0.25) is 0 Å². The summed E-state index contributed by atoms with van der Waals surface area (Å²) in [5.74, 6) is 0.652. The van der Waals surface area contributed by atoms with Gasteiger partial charge in [0.1, 0.15) is 0 Å². The predicted molar refractivity (Wildman–Crippen MR) is 121 cm³/mol. The summed E-state index contributed by atoms with van der Waals surface area (Å²) in [5, 5.41) is 0. The van der Waals surface area contributed by atoms with Crippen LogP contribution in [0.15, 0.2) is 54.1 Å². The third-order valence-electron chi connectivity index (χ3n) is 7.50. The fraction of sp³-hybridized carbons (Fsp3) is 0.462. The second kappa shape index (κ2) is 5.86. The number of rotatable bonds is 1. The van der Waals surface area contributed by atoms with Crippen molar-refractivity contribution in [3.05, 3.63) is 70.7 Å². The second-order valence-corrected chi connectivity index (χ2v) is 10.9. The monoisotopic (exact) mass is 386 g/mol. The van der Waals surface area contributed by atoms with E-state index in [0.717, 1.165) is 0 Å². The highest BCUT2D eigenvalue weighted by Crippen LogP contribution is 2.56. The summed E-state index contributed by atoms with van der Waals surface area (Å²) >= 11 is 0. The van der Waals surface area contributed by atoms with Gasteiger partial charge in [0.05, 0.1) is 11.2 Å². The van der Waals surface area contributed by atoms with E-state index in [4.69, 9.17) is 9.31 Å². The minimum atomic E-state index is -0.320. The van der Waals surface area contributed by atoms with Crippen molar-refractivity contribution in [2.24, 2.45) is 11.8 Å². The Morgan fingerprint density at radius 1 is 0.862 bits per heavy atom. The lowest BCUT2D eigenvalue weighted by Gasteiger charge is -2.32. The molecule has 3 heteroatoms. The molecule has 1 fully saturated rings. The van der Waals surface area contributed by atoms with Crippen LogP contribution in [0.5, 0.6) is 0 Å². The van der Waals surface area contributed by atoms with Crippen LogP contribution in [-0.2, 0) is 14.7 Å². The van der Waals surface area contributed by atoms with Gasteiger partial charge in [0.25, 0.3) is 0 Å². The molecule has 2 atom stereocenters. The van der Waals surface area contributed by atoms with E-state index in [-0.39, 0.29) is 29.7 Å². The van der Waals surface area contributed by atoms with E-state index in [0.29, 0.717) is 5.92 Å². The normalized spacial score (nSPS) is 28.5. The molecule has 0 bridgehead atoms. The van der Waals surface area contributed by atoms with Crippen molar-refractivity contribution in [1.82, 2.24) is 0 Å². The van der Waals surface area contributed by atoms with Crippen molar-refractivity contribution in [3.8, 4) is 0 Å². The molecule has 0 amide bonds. The van der Waals surface area contributed by atoms with Gasteiger partial charge in [-0.2, -0.15) is 0 Å². The molecule has 1 heterocycles. The lowest BCUT2D eigenvalue weighted by Crippen LogP contribution is -2.41. The fourth-order valence-electron chi connectivity index (χ4n) is 4.98. The first-order chi connectivity index (χ1) is 13.5. The summed E-state index contributed by atoms with van der Waals surface area (Å²) in [6.45, 7) is 15.3. The topological polar surface area (TPSA) is 18.5 Å². The van der Waals surface area contributed by atoms with E-state index in [1.165, 1.54) is 33.3 Å². The number of hydrogen-bond donors (Lipinski definition) is 0. The van der Waals surface area contributed by atoms with Gasteiger partial charge in [0, 0.05) is 11.8 Å². The highest BCUT2D eigenvalue weighted by atomic mass is 16.7. The lowest BCUT2D eigenvalue weighted by atomic mass is 9.61. The third kappa shape index (κ3) is 2.70. The predicted octanol–water partition coefficient (Wildman–Crippen LogP) is 6.14. The zero-order chi connectivity index (χ0) is 20.8. The third-order valence-corrected chi connectivity index (χ3v) is 7.50. The molecular formula is C26H31BO2. The lowest BCUT2D eigenvalue weighted by molar-refractivity contribution is 0.00578. The first-order valence-electron chi connectivity index (χ1n) is 10.8. The molecule has 2 nitrogen and oxygen atoms in total. The zero-order valence-electron chi connectivity index (χ0n) is 18.7.